The van der Waals surface area contributed by atoms with Crippen LogP contribution in [0.25, 0.3) is 22.3 Å². The van der Waals surface area contributed by atoms with Crippen molar-refractivity contribution in [3.05, 3.63) is 84.7 Å². The molecule has 1 aliphatic heterocycles. The van der Waals surface area contributed by atoms with Gasteiger partial charge in [0.25, 0.3) is 0 Å². The minimum atomic E-state index is 0.739. The molecule has 5 heteroatoms. The van der Waals surface area contributed by atoms with Gasteiger partial charge in [-0.25, -0.2) is 9.97 Å². The maximum absolute atomic E-state index is 4.97. The smallest absolute Gasteiger partial charge is 0.163 e. The number of hydrogen-bond donors (Lipinski definition) is 0. The van der Waals surface area contributed by atoms with Gasteiger partial charge in [-0.2, -0.15) is 0 Å². The second-order valence-electron chi connectivity index (χ2n) is 7.69. The molecule has 0 unspecified atom stereocenters. The third kappa shape index (κ3) is 4.02. The molecule has 150 valence electrons. The molecule has 1 saturated heterocycles. The Balaban J connectivity index is 1.35. The van der Waals surface area contributed by atoms with Crippen LogP contribution in [-0.2, 0) is 6.42 Å². The van der Waals surface area contributed by atoms with Crippen LogP contribution in [0.15, 0.2) is 79.1 Å². The van der Waals surface area contributed by atoms with Crippen molar-refractivity contribution in [1.29, 1.82) is 0 Å². The highest BCUT2D eigenvalue weighted by Crippen LogP contribution is 2.28. The number of nitrogens with zero attached hydrogens (tertiary/aromatic N) is 5. The molecule has 2 aromatic heterocycles. The van der Waals surface area contributed by atoms with Crippen LogP contribution >= 0.6 is 0 Å². The van der Waals surface area contributed by atoms with Crippen LogP contribution in [0, 0.1) is 0 Å². The van der Waals surface area contributed by atoms with E-state index in [1.54, 1.807) is 6.20 Å². The summed E-state index contributed by atoms with van der Waals surface area (Å²) < 4.78 is 0. The van der Waals surface area contributed by atoms with Crippen LogP contribution in [0.4, 0.5) is 5.82 Å². The van der Waals surface area contributed by atoms with Gasteiger partial charge >= 0.3 is 0 Å². The first-order valence-electron chi connectivity index (χ1n) is 10.6. The lowest BCUT2D eigenvalue weighted by molar-refractivity contribution is 0.260. The standard InChI is InChI=1S/C25H25N5/c1-2-7-20(8-3-1)12-14-29-15-17-30(18-16-29)25-22-10-4-5-11-23(22)27-24(28-25)21-9-6-13-26-19-21/h1-11,13,19H,12,14-18H2. The predicted molar refractivity (Wildman–Crippen MR) is 122 cm³/mol. The van der Waals surface area contributed by atoms with E-state index >= 15 is 0 Å². The molecule has 0 spiro atoms. The van der Waals surface area contributed by atoms with E-state index in [4.69, 9.17) is 9.97 Å². The van der Waals surface area contributed by atoms with Crippen molar-refractivity contribution in [2.45, 2.75) is 6.42 Å². The number of pyridine rings is 1. The Morgan fingerprint density at radius 2 is 1.57 bits per heavy atom. The largest absolute Gasteiger partial charge is 0.353 e. The van der Waals surface area contributed by atoms with E-state index in [9.17, 15) is 0 Å². The molecule has 5 nitrogen and oxygen atoms in total. The summed E-state index contributed by atoms with van der Waals surface area (Å²) in [5.41, 5.74) is 3.33. The molecule has 1 aliphatic rings. The fourth-order valence-corrected chi connectivity index (χ4v) is 4.04. The summed E-state index contributed by atoms with van der Waals surface area (Å²) in [6.07, 6.45) is 4.71. The molecule has 0 aliphatic carbocycles. The van der Waals surface area contributed by atoms with Crippen molar-refractivity contribution in [2.75, 3.05) is 37.6 Å². The van der Waals surface area contributed by atoms with Crippen molar-refractivity contribution in [3.63, 3.8) is 0 Å². The highest BCUT2D eigenvalue weighted by Gasteiger charge is 2.21. The number of para-hydroxylation sites is 1. The number of benzene rings is 2. The topological polar surface area (TPSA) is 45.2 Å². The third-order valence-corrected chi connectivity index (χ3v) is 5.73. The number of piperazine rings is 1. The van der Waals surface area contributed by atoms with Gasteiger partial charge < -0.3 is 4.90 Å². The summed E-state index contributed by atoms with van der Waals surface area (Å²) in [5.74, 6) is 1.77. The lowest BCUT2D eigenvalue weighted by Crippen LogP contribution is -2.47. The summed E-state index contributed by atoms with van der Waals surface area (Å²) >= 11 is 0. The van der Waals surface area contributed by atoms with Crippen LogP contribution in [0.5, 0.6) is 0 Å². The van der Waals surface area contributed by atoms with E-state index in [-0.39, 0.29) is 0 Å². The normalized spacial score (nSPS) is 14.9. The van der Waals surface area contributed by atoms with Crippen molar-refractivity contribution in [3.8, 4) is 11.4 Å². The van der Waals surface area contributed by atoms with Crippen molar-refractivity contribution in [2.24, 2.45) is 0 Å². The van der Waals surface area contributed by atoms with Gasteiger partial charge in [0.15, 0.2) is 5.82 Å². The Labute approximate surface area is 177 Å². The molecule has 0 atom stereocenters. The lowest BCUT2D eigenvalue weighted by Gasteiger charge is -2.36. The van der Waals surface area contributed by atoms with Crippen LogP contribution in [-0.4, -0.2) is 52.6 Å². The fraction of sp³-hybridized carbons (Fsp3) is 0.240. The zero-order valence-corrected chi connectivity index (χ0v) is 17.0. The molecular weight excluding hydrogens is 370 g/mol. The number of fused-ring (bicyclic) bond motifs is 1. The molecule has 30 heavy (non-hydrogen) atoms. The van der Waals surface area contributed by atoms with Gasteiger partial charge in [-0.1, -0.05) is 42.5 Å². The quantitative estimate of drug-likeness (QED) is 0.510. The van der Waals surface area contributed by atoms with Gasteiger partial charge in [-0.3, -0.25) is 9.88 Å². The summed E-state index contributed by atoms with van der Waals surface area (Å²) in [6.45, 7) is 5.15. The number of aromatic nitrogens is 3. The minimum Gasteiger partial charge on any atom is -0.353 e. The minimum absolute atomic E-state index is 0.739. The van der Waals surface area contributed by atoms with E-state index in [0.29, 0.717) is 0 Å². The Morgan fingerprint density at radius 3 is 2.37 bits per heavy atom. The first-order chi connectivity index (χ1) is 14.9. The third-order valence-electron chi connectivity index (χ3n) is 5.73. The molecule has 0 radical (unpaired) electrons. The SMILES string of the molecule is c1ccc(CCN2CCN(c3nc(-c4cccnc4)nc4ccccc34)CC2)cc1. The predicted octanol–water partition coefficient (Wildman–Crippen LogP) is 4.06. The van der Waals surface area contributed by atoms with E-state index in [2.05, 4.69) is 63.3 Å². The summed E-state index contributed by atoms with van der Waals surface area (Å²) in [7, 11) is 0. The Morgan fingerprint density at radius 1 is 0.767 bits per heavy atom. The average Bonchev–Trinajstić information content (AvgIpc) is 2.83. The summed E-state index contributed by atoms with van der Waals surface area (Å²) in [6, 6.07) is 23.0. The molecule has 3 heterocycles. The van der Waals surface area contributed by atoms with Crippen LogP contribution in [0.3, 0.4) is 0 Å². The van der Waals surface area contributed by atoms with Gasteiger partial charge in [-0.05, 0) is 36.2 Å². The van der Waals surface area contributed by atoms with Gasteiger partial charge in [-0.15, -0.1) is 0 Å². The molecule has 2 aromatic carbocycles. The van der Waals surface area contributed by atoms with Crippen LogP contribution < -0.4 is 4.90 Å². The monoisotopic (exact) mass is 395 g/mol. The van der Waals surface area contributed by atoms with E-state index in [1.165, 1.54) is 5.56 Å². The molecule has 5 rings (SSSR count). The number of rotatable bonds is 5. The molecule has 0 bridgehead atoms. The maximum atomic E-state index is 4.97. The number of anilines is 1. The van der Waals surface area contributed by atoms with E-state index in [0.717, 1.165) is 67.3 Å². The van der Waals surface area contributed by atoms with Crippen LogP contribution in [0.1, 0.15) is 5.56 Å². The number of hydrogen-bond acceptors (Lipinski definition) is 5. The van der Waals surface area contributed by atoms with Gasteiger partial charge in [0, 0.05) is 56.1 Å². The Kier molecular flexibility index (Phi) is 5.36. The maximum Gasteiger partial charge on any atom is 0.163 e. The molecular formula is C25H25N5. The molecule has 4 aromatic rings. The van der Waals surface area contributed by atoms with E-state index in [1.807, 2.05) is 24.4 Å². The van der Waals surface area contributed by atoms with Gasteiger partial charge in [0.05, 0.1) is 5.52 Å². The molecule has 0 amide bonds. The Bertz CT molecular complexity index is 1110. The van der Waals surface area contributed by atoms with Crippen molar-refractivity contribution in [1.82, 2.24) is 19.9 Å². The summed E-state index contributed by atoms with van der Waals surface area (Å²) in [4.78, 5) is 19.0. The zero-order valence-electron chi connectivity index (χ0n) is 17.0. The average molecular weight is 396 g/mol. The lowest BCUT2D eigenvalue weighted by atomic mass is 10.1. The molecule has 1 fully saturated rings. The van der Waals surface area contributed by atoms with Gasteiger partial charge in [0.1, 0.15) is 5.82 Å². The van der Waals surface area contributed by atoms with Crippen molar-refractivity contribution < 1.29 is 0 Å². The fourth-order valence-electron chi connectivity index (χ4n) is 4.04. The second-order valence-corrected chi connectivity index (χ2v) is 7.69. The molecule has 0 saturated carbocycles. The highest BCUT2D eigenvalue weighted by molar-refractivity contribution is 5.91. The Hall–Kier alpha value is -3.31. The highest BCUT2D eigenvalue weighted by atomic mass is 15.3. The van der Waals surface area contributed by atoms with Crippen LogP contribution in [0.2, 0.25) is 0 Å². The van der Waals surface area contributed by atoms with Gasteiger partial charge in [0.2, 0.25) is 0 Å². The second kappa shape index (κ2) is 8.59. The molecule has 0 N–H and O–H groups in total. The first-order valence-corrected chi connectivity index (χ1v) is 10.6. The van der Waals surface area contributed by atoms with Crippen molar-refractivity contribution >= 4 is 16.7 Å². The first kappa shape index (κ1) is 18.7. The summed E-state index contributed by atoms with van der Waals surface area (Å²) in [5, 5.41) is 1.11. The zero-order chi connectivity index (χ0) is 20.2. The van der Waals surface area contributed by atoms with E-state index < -0.39 is 0 Å².